The molecule has 0 saturated carbocycles. The van der Waals surface area contributed by atoms with Crippen molar-refractivity contribution in [1.82, 2.24) is 0 Å². The monoisotopic (exact) mass is 183 g/mol. The highest BCUT2D eigenvalue weighted by atomic mass is 16.1. The molecule has 2 heteroatoms. The average Bonchev–Trinajstić information content (AvgIpc) is 2.27. The van der Waals surface area contributed by atoms with Crippen molar-refractivity contribution in [2.24, 2.45) is 0 Å². The summed E-state index contributed by atoms with van der Waals surface area (Å²) in [4.78, 5) is 21.4. The normalized spacial score (nSPS) is 10.0. The highest BCUT2D eigenvalue weighted by Crippen LogP contribution is 2.20. The van der Waals surface area contributed by atoms with Crippen LogP contribution < -0.4 is 0 Å². The first-order valence-corrected chi connectivity index (χ1v) is 4.22. The van der Waals surface area contributed by atoms with E-state index in [9.17, 15) is 9.59 Å². The van der Waals surface area contributed by atoms with Gasteiger partial charge in [-0.05, 0) is 5.39 Å². The molecule has 0 saturated heterocycles. The lowest BCUT2D eigenvalue weighted by molar-refractivity contribution is 0.112. The molecule has 2 rings (SSSR count). The minimum atomic E-state index is 0.435. The lowest BCUT2D eigenvalue weighted by Gasteiger charge is -2.02. The van der Waals surface area contributed by atoms with E-state index < -0.39 is 0 Å². The Morgan fingerprint density at radius 3 is 2.43 bits per heavy atom. The minimum absolute atomic E-state index is 0.435. The lowest BCUT2D eigenvalue weighted by atomic mass is 10.0. The van der Waals surface area contributed by atoms with Gasteiger partial charge >= 0.3 is 0 Å². The summed E-state index contributed by atoms with van der Waals surface area (Å²) in [6.45, 7) is 0. The molecule has 0 aliphatic rings. The fourth-order valence-electron chi connectivity index (χ4n) is 1.55. The smallest absolute Gasteiger partial charge is 0.234 e. The number of benzene rings is 2. The van der Waals surface area contributed by atoms with Crippen molar-refractivity contribution in [1.29, 1.82) is 0 Å². The fourth-order valence-corrected chi connectivity index (χ4v) is 1.55. The van der Waals surface area contributed by atoms with Crippen LogP contribution in [0.2, 0.25) is 0 Å². The van der Waals surface area contributed by atoms with Crippen molar-refractivity contribution in [3.8, 4) is 0 Å². The topological polar surface area (TPSA) is 34.1 Å². The molecule has 14 heavy (non-hydrogen) atoms. The molecular weight excluding hydrogens is 176 g/mol. The van der Waals surface area contributed by atoms with E-state index in [0.717, 1.165) is 11.7 Å². The molecule has 0 aliphatic heterocycles. The van der Waals surface area contributed by atoms with Crippen molar-refractivity contribution < 1.29 is 9.59 Å². The summed E-state index contributed by atoms with van der Waals surface area (Å²) in [5.74, 6) is 0. The van der Waals surface area contributed by atoms with Crippen LogP contribution in [0, 0.1) is 0 Å². The van der Waals surface area contributed by atoms with Gasteiger partial charge in [0, 0.05) is 16.5 Å². The van der Waals surface area contributed by atoms with Crippen LogP contribution in [0.15, 0.2) is 36.4 Å². The number of carbonyl (C=O) groups excluding carboxylic acids is 2. The Balaban J connectivity index is 2.94. The zero-order valence-electron chi connectivity index (χ0n) is 7.36. The van der Waals surface area contributed by atoms with E-state index >= 15 is 0 Å². The maximum Gasteiger partial charge on any atom is 0.234 e. The Morgan fingerprint density at radius 2 is 1.79 bits per heavy atom. The standard InChI is InChI=1S/C12H7O2/c13-7-10-5-1-3-9-4-2-6-11(8-14)12(9)10/h1-7H. The number of rotatable bonds is 2. The van der Waals surface area contributed by atoms with E-state index in [2.05, 4.69) is 0 Å². The Hall–Kier alpha value is -1.96. The van der Waals surface area contributed by atoms with Crippen LogP contribution in [-0.4, -0.2) is 12.6 Å². The third-order valence-electron chi connectivity index (χ3n) is 2.17. The second-order valence-electron chi connectivity index (χ2n) is 2.97. The molecular formula is C12H7O2. The van der Waals surface area contributed by atoms with Gasteiger partial charge in [0.15, 0.2) is 6.29 Å². The predicted octanol–water partition coefficient (Wildman–Crippen LogP) is 2.11. The molecule has 0 amide bonds. The van der Waals surface area contributed by atoms with Crippen molar-refractivity contribution in [3.63, 3.8) is 0 Å². The van der Waals surface area contributed by atoms with Gasteiger partial charge in [0.05, 0.1) is 0 Å². The molecule has 67 valence electrons. The Morgan fingerprint density at radius 1 is 1.07 bits per heavy atom. The molecule has 0 heterocycles. The highest BCUT2D eigenvalue weighted by Gasteiger charge is 2.04. The summed E-state index contributed by atoms with van der Waals surface area (Å²) in [7, 11) is 0. The van der Waals surface area contributed by atoms with E-state index in [4.69, 9.17) is 0 Å². The molecule has 0 aromatic heterocycles. The van der Waals surface area contributed by atoms with Crippen LogP contribution in [0.3, 0.4) is 0 Å². The second-order valence-corrected chi connectivity index (χ2v) is 2.97. The molecule has 2 nitrogen and oxygen atoms in total. The summed E-state index contributed by atoms with van der Waals surface area (Å²) in [6.07, 6.45) is 2.59. The molecule has 0 spiro atoms. The van der Waals surface area contributed by atoms with Crippen LogP contribution in [0.1, 0.15) is 15.9 Å². The zero-order chi connectivity index (χ0) is 9.97. The van der Waals surface area contributed by atoms with Crippen LogP contribution >= 0.6 is 0 Å². The minimum Gasteiger partial charge on any atom is -0.298 e. The summed E-state index contributed by atoms with van der Waals surface area (Å²) >= 11 is 0. The first-order valence-electron chi connectivity index (χ1n) is 4.22. The summed E-state index contributed by atoms with van der Waals surface area (Å²) in [5.41, 5.74) is 0.964. The molecule has 0 unspecified atom stereocenters. The molecule has 2 aromatic rings. The van der Waals surface area contributed by atoms with E-state index in [1.165, 1.54) is 0 Å². The third-order valence-corrected chi connectivity index (χ3v) is 2.17. The fraction of sp³-hybridized carbons (Fsp3) is 0. The van der Waals surface area contributed by atoms with Gasteiger partial charge in [-0.15, -0.1) is 0 Å². The number of carbonyl (C=O) groups is 1. The molecule has 0 bridgehead atoms. The van der Waals surface area contributed by atoms with Crippen molar-refractivity contribution in [2.45, 2.75) is 0 Å². The molecule has 2 aromatic carbocycles. The Bertz CT molecular complexity index is 458. The quantitative estimate of drug-likeness (QED) is 0.668. The Kier molecular flexibility index (Phi) is 2.11. The Labute approximate surface area is 81.2 Å². The van der Waals surface area contributed by atoms with Gasteiger partial charge in [-0.3, -0.25) is 9.59 Å². The predicted molar refractivity (Wildman–Crippen MR) is 54.1 cm³/mol. The van der Waals surface area contributed by atoms with E-state index in [1.54, 1.807) is 24.3 Å². The van der Waals surface area contributed by atoms with Gasteiger partial charge in [0.25, 0.3) is 0 Å². The summed E-state index contributed by atoms with van der Waals surface area (Å²) in [5, 5.41) is 1.57. The molecule has 0 fully saturated rings. The number of fused-ring (bicyclic) bond motifs is 1. The SMILES string of the molecule is O=[C]c1cccc2cccc(C=O)c12. The second kappa shape index (κ2) is 3.42. The first-order chi connectivity index (χ1) is 6.86. The largest absolute Gasteiger partial charge is 0.298 e. The third kappa shape index (κ3) is 1.21. The van der Waals surface area contributed by atoms with Crippen LogP contribution in [0.5, 0.6) is 0 Å². The lowest BCUT2D eigenvalue weighted by Crippen LogP contribution is -1.89. The first kappa shape index (κ1) is 8.63. The van der Waals surface area contributed by atoms with Crippen molar-refractivity contribution in [2.75, 3.05) is 0 Å². The number of aldehydes is 1. The average molecular weight is 183 g/mol. The van der Waals surface area contributed by atoms with Crippen LogP contribution in [0.4, 0.5) is 0 Å². The summed E-state index contributed by atoms with van der Waals surface area (Å²) in [6, 6.07) is 10.6. The van der Waals surface area contributed by atoms with E-state index in [0.29, 0.717) is 16.5 Å². The van der Waals surface area contributed by atoms with Gasteiger partial charge in [0.1, 0.15) is 0 Å². The van der Waals surface area contributed by atoms with Crippen LogP contribution in [-0.2, 0) is 4.79 Å². The number of hydrogen-bond donors (Lipinski definition) is 0. The molecule has 0 aliphatic carbocycles. The van der Waals surface area contributed by atoms with Crippen molar-refractivity contribution >= 4 is 23.3 Å². The molecule has 0 N–H and O–H groups in total. The maximum absolute atomic E-state index is 10.8. The van der Waals surface area contributed by atoms with Crippen LogP contribution in [0.25, 0.3) is 10.8 Å². The van der Waals surface area contributed by atoms with E-state index in [1.807, 2.05) is 18.4 Å². The molecule has 0 atom stereocenters. The van der Waals surface area contributed by atoms with Gasteiger partial charge < -0.3 is 0 Å². The van der Waals surface area contributed by atoms with Gasteiger partial charge in [0.2, 0.25) is 6.29 Å². The maximum atomic E-state index is 10.8. The zero-order valence-corrected chi connectivity index (χ0v) is 7.36. The van der Waals surface area contributed by atoms with Crippen molar-refractivity contribution in [3.05, 3.63) is 47.5 Å². The van der Waals surface area contributed by atoms with Gasteiger partial charge in [-0.1, -0.05) is 36.4 Å². The van der Waals surface area contributed by atoms with E-state index in [-0.39, 0.29) is 0 Å². The highest BCUT2D eigenvalue weighted by molar-refractivity contribution is 6.06. The number of hydrogen-bond acceptors (Lipinski definition) is 2. The van der Waals surface area contributed by atoms with Gasteiger partial charge in [-0.2, -0.15) is 0 Å². The molecule has 1 radical (unpaired) electrons. The summed E-state index contributed by atoms with van der Waals surface area (Å²) < 4.78 is 0. The van der Waals surface area contributed by atoms with Gasteiger partial charge in [-0.25, -0.2) is 0 Å².